The molecule has 0 aliphatic heterocycles. The molecule has 1 aliphatic rings. The molecule has 5 nitrogen and oxygen atoms in total. The average molecular weight is 236 g/mol. The van der Waals surface area contributed by atoms with Gasteiger partial charge in [-0.1, -0.05) is 19.3 Å². The van der Waals surface area contributed by atoms with Gasteiger partial charge in [0.05, 0.1) is 12.3 Å². The van der Waals surface area contributed by atoms with Gasteiger partial charge in [0, 0.05) is 6.54 Å². The third kappa shape index (κ3) is 3.41. The molecular weight excluding hydrogens is 220 g/mol. The van der Waals surface area contributed by atoms with E-state index in [1.807, 2.05) is 0 Å². The number of nitro groups is 1. The summed E-state index contributed by atoms with van der Waals surface area (Å²) in [5.41, 5.74) is 0. The fraction of sp³-hybridized carbons (Fsp3) is 0.583. The summed E-state index contributed by atoms with van der Waals surface area (Å²) in [7, 11) is 0. The number of furan rings is 1. The van der Waals surface area contributed by atoms with E-state index in [1.54, 1.807) is 12.3 Å². The highest BCUT2D eigenvalue weighted by Gasteiger charge is 2.13. The van der Waals surface area contributed by atoms with Gasteiger partial charge in [0.1, 0.15) is 4.92 Å². The van der Waals surface area contributed by atoms with Crippen LogP contribution in [0.4, 0.5) is 5.88 Å². The third-order valence-corrected chi connectivity index (χ3v) is 3.10. The highest BCUT2D eigenvalue weighted by Crippen LogP contribution is 2.23. The summed E-state index contributed by atoms with van der Waals surface area (Å²) < 4.78 is 4.99. The zero-order valence-electron chi connectivity index (χ0n) is 9.67. The average Bonchev–Trinajstić information content (AvgIpc) is 2.79. The van der Waals surface area contributed by atoms with Crippen molar-refractivity contribution in [3.05, 3.63) is 28.0 Å². The van der Waals surface area contributed by atoms with Crippen LogP contribution in [0.3, 0.4) is 0 Å². The zero-order chi connectivity index (χ0) is 12.1. The van der Waals surface area contributed by atoms with Gasteiger partial charge in [-0.25, -0.2) is 0 Å². The maximum Gasteiger partial charge on any atom is 0.433 e. The van der Waals surface area contributed by atoms with E-state index in [-0.39, 0.29) is 5.88 Å². The first-order valence-electron chi connectivity index (χ1n) is 6.00. The fourth-order valence-corrected chi connectivity index (χ4v) is 2.17. The molecule has 0 atom stereocenters. The number of aliphatic imine (C=N–C) groups is 1. The van der Waals surface area contributed by atoms with E-state index in [0.717, 1.165) is 6.54 Å². The van der Waals surface area contributed by atoms with Crippen LogP contribution in [0.1, 0.15) is 37.9 Å². The van der Waals surface area contributed by atoms with Crippen LogP contribution in [0, 0.1) is 16.0 Å². The standard InChI is InChI=1S/C12H16N2O3/c15-14(16)12-7-6-11(17-12)9-13-8-10-4-2-1-3-5-10/h6-7,9-10H,1-5,8H2. The van der Waals surface area contributed by atoms with Crippen molar-refractivity contribution in [1.29, 1.82) is 0 Å². The van der Waals surface area contributed by atoms with Crippen LogP contribution in [-0.2, 0) is 0 Å². The maximum atomic E-state index is 10.4. The molecule has 1 fully saturated rings. The Labute approximate surface area is 99.7 Å². The molecule has 17 heavy (non-hydrogen) atoms. The maximum absolute atomic E-state index is 10.4. The fourth-order valence-electron chi connectivity index (χ4n) is 2.17. The molecule has 92 valence electrons. The highest BCUT2D eigenvalue weighted by atomic mass is 16.6. The lowest BCUT2D eigenvalue weighted by molar-refractivity contribution is -0.402. The van der Waals surface area contributed by atoms with Crippen LogP contribution in [0.5, 0.6) is 0 Å². The quantitative estimate of drug-likeness (QED) is 0.458. The molecular formula is C12H16N2O3. The highest BCUT2D eigenvalue weighted by molar-refractivity contribution is 5.76. The Hall–Kier alpha value is -1.65. The number of rotatable bonds is 4. The van der Waals surface area contributed by atoms with Gasteiger partial charge in [0.2, 0.25) is 0 Å². The van der Waals surface area contributed by atoms with Gasteiger partial charge >= 0.3 is 5.88 Å². The number of hydrogen-bond donors (Lipinski definition) is 0. The SMILES string of the molecule is O=[N+]([O-])c1ccc(C=NCC2CCCCC2)o1. The van der Waals surface area contributed by atoms with E-state index in [0.29, 0.717) is 11.7 Å². The van der Waals surface area contributed by atoms with Gasteiger partial charge in [0.25, 0.3) is 0 Å². The predicted molar refractivity (Wildman–Crippen MR) is 64.4 cm³/mol. The van der Waals surface area contributed by atoms with E-state index in [2.05, 4.69) is 4.99 Å². The topological polar surface area (TPSA) is 68.6 Å². The summed E-state index contributed by atoms with van der Waals surface area (Å²) in [4.78, 5) is 14.2. The Morgan fingerprint density at radius 3 is 2.82 bits per heavy atom. The molecule has 0 radical (unpaired) electrons. The van der Waals surface area contributed by atoms with Crippen molar-refractivity contribution >= 4 is 12.1 Å². The van der Waals surface area contributed by atoms with Gasteiger partial charge in [-0.2, -0.15) is 0 Å². The van der Waals surface area contributed by atoms with E-state index in [9.17, 15) is 10.1 Å². The summed E-state index contributed by atoms with van der Waals surface area (Å²) >= 11 is 0. The lowest BCUT2D eigenvalue weighted by Crippen LogP contribution is -2.09. The summed E-state index contributed by atoms with van der Waals surface area (Å²) in [5, 5.41) is 10.4. The first-order chi connectivity index (χ1) is 8.25. The molecule has 0 bridgehead atoms. The van der Waals surface area contributed by atoms with Crippen molar-refractivity contribution in [2.45, 2.75) is 32.1 Å². The van der Waals surface area contributed by atoms with Gasteiger partial charge in [-0.15, -0.1) is 0 Å². The molecule has 0 aromatic carbocycles. The molecule has 1 heterocycles. The molecule has 0 unspecified atom stereocenters. The summed E-state index contributed by atoms with van der Waals surface area (Å²) in [6.45, 7) is 0.800. The second-order valence-corrected chi connectivity index (χ2v) is 4.43. The minimum Gasteiger partial charge on any atom is -0.400 e. The summed E-state index contributed by atoms with van der Waals surface area (Å²) in [6, 6.07) is 2.92. The second-order valence-electron chi connectivity index (χ2n) is 4.43. The monoisotopic (exact) mass is 236 g/mol. The molecule has 0 amide bonds. The third-order valence-electron chi connectivity index (χ3n) is 3.10. The first-order valence-corrected chi connectivity index (χ1v) is 6.00. The van der Waals surface area contributed by atoms with Gasteiger partial charge in [-0.05, 0) is 24.8 Å². The lowest BCUT2D eigenvalue weighted by atomic mass is 9.89. The Kier molecular flexibility index (Phi) is 3.90. The van der Waals surface area contributed by atoms with E-state index in [4.69, 9.17) is 4.42 Å². The van der Waals surface area contributed by atoms with Crippen LogP contribution in [0.25, 0.3) is 0 Å². The first kappa shape index (κ1) is 11.8. The minimum absolute atomic E-state index is 0.232. The van der Waals surface area contributed by atoms with Crippen molar-refractivity contribution in [2.24, 2.45) is 10.9 Å². The number of nitrogens with zero attached hydrogens (tertiary/aromatic N) is 2. The molecule has 0 N–H and O–H groups in total. The summed E-state index contributed by atoms with van der Waals surface area (Å²) in [5.74, 6) is 0.890. The normalized spacial score (nSPS) is 17.6. The van der Waals surface area contributed by atoms with Gasteiger partial charge in [0.15, 0.2) is 5.76 Å². The molecule has 2 rings (SSSR count). The van der Waals surface area contributed by atoms with Crippen molar-refractivity contribution in [3.8, 4) is 0 Å². The van der Waals surface area contributed by atoms with Crippen molar-refractivity contribution in [1.82, 2.24) is 0 Å². The van der Waals surface area contributed by atoms with Crippen molar-refractivity contribution in [2.75, 3.05) is 6.54 Å². The number of hydrogen-bond acceptors (Lipinski definition) is 4. The molecule has 1 aromatic rings. The van der Waals surface area contributed by atoms with Crippen molar-refractivity contribution in [3.63, 3.8) is 0 Å². The Morgan fingerprint density at radius 2 is 2.18 bits per heavy atom. The van der Waals surface area contributed by atoms with E-state index >= 15 is 0 Å². The van der Waals surface area contributed by atoms with Crippen molar-refractivity contribution < 1.29 is 9.34 Å². The van der Waals surface area contributed by atoms with Crippen LogP contribution in [-0.4, -0.2) is 17.7 Å². The smallest absolute Gasteiger partial charge is 0.400 e. The largest absolute Gasteiger partial charge is 0.433 e. The summed E-state index contributed by atoms with van der Waals surface area (Å²) in [6.07, 6.45) is 8.01. The molecule has 0 saturated heterocycles. The Bertz CT molecular complexity index is 406. The Balaban J connectivity index is 1.84. The van der Waals surface area contributed by atoms with Crippen LogP contribution >= 0.6 is 0 Å². The molecule has 1 saturated carbocycles. The van der Waals surface area contributed by atoms with Crippen LogP contribution in [0.2, 0.25) is 0 Å². The molecule has 1 aromatic heterocycles. The predicted octanol–water partition coefficient (Wildman–Crippen LogP) is 3.19. The zero-order valence-corrected chi connectivity index (χ0v) is 9.67. The van der Waals surface area contributed by atoms with Gasteiger partial charge < -0.3 is 4.42 Å². The minimum atomic E-state index is -0.543. The lowest BCUT2D eigenvalue weighted by Gasteiger charge is -2.18. The van der Waals surface area contributed by atoms with Gasteiger partial charge in [-0.3, -0.25) is 15.1 Å². The van der Waals surface area contributed by atoms with Crippen LogP contribution in [0.15, 0.2) is 21.5 Å². The van der Waals surface area contributed by atoms with E-state index < -0.39 is 4.92 Å². The molecule has 1 aliphatic carbocycles. The Morgan fingerprint density at radius 1 is 1.41 bits per heavy atom. The second kappa shape index (κ2) is 5.61. The molecule has 0 spiro atoms. The van der Waals surface area contributed by atoms with E-state index in [1.165, 1.54) is 38.2 Å². The molecule has 5 heteroatoms. The van der Waals surface area contributed by atoms with Crippen LogP contribution < -0.4 is 0 Å².